The van der Waals surface area contributed by atoms with E-state index >= 15 is 0 Å². The molecule has 14 N–H and O–H groups in total. The first-order valence-corrected chi connectivity index (χ1v) is 14.1. The Morgan fingerprint density at radius 3 is 2.36 bits per heavy atom. The molecule has 0 bridgehead atoms. The van der Waals surface area contributed by atoms with Gasteiger partial charge < -0.3 is 72.7 Å². The summed E-state index contributed by atoms with van der Waals surface area (Å²) >= 11 is 0. The molecule has 14 unspecified atom stereocenters. The second kappa shape index (κ2) is 14.9. The molecule has 3 aliphatic rings. The van der Waals surface area contributed by atoms with Crippen LogP contribution in [0.5, 0.6) is 0 Å². The quantitative estimate of drug-likeness (QED) is 0.0781. The highest BCUT2D eigenvalue weighted by Gasteiger charge is 2.51. The van der Waals surface area contributed by atoms with Crippen molar-refractivity contribution < 1.29 is 48.9 Å². The number of hydrogen-bond acceptors (Lipinski definition) is 14. The summed E-state index contributed by atoms with van der Waals surface area (Å²) in [5.41, 5.74) is 22.8. The van der Waals surface area contributed by atoms with E-state index in [1.807, 2.05) is 0 Å². The Hall–Kier alpha value is -1.61. The van der Waals surface area contributed by atoms with Crippen LogP contribution in [0.2, 0.25) is 0 Å². The van der Waals surface area contributed by atoms with Gasteiger partial charge in [0.1, 0.15) is 60.6 Å². The number of ether oxygens (including phenoxy) is 4. The van der Waals surface area contributed by atoms with Crippen molar-refractivity contribution in [2.75, 3.05) is 26.9 Å². The topological polar surface area (TPSA) is 279 Å². The van der Waals surface area contributed by atoms with Crippen LogP contribution in [-0.2, 0) is 18.9 Å². The number of alkyl halides is 1. The summed E-state index contributed by atoms with van der Waals surface area (Å²) in [4.78, 5) is 8.33. The van der Waals surface area contributed by atoms with E-state index in [9.17, 15) is 29.9 Å². The smallest absolute Gasteiger partial charge is 0.185 e. The van der Waals surface area contributed by atoms with Crippen LogP contribution >= 0.6 is 0 Å². The molecule has 2 aliphatic heterocycles. The minimum atomic E-state index is -1.68. The number of aliphatic hydroxyl groups excluding tert-OH is 4. The van der Waals surface area contributed by atoms with E-state index in [2.05, 4.69) is 15.3 Å². The van der Waals surface area contributed by atoms with Gasteiger partial charge in [-0.15, -0.1) is 0 Å². The van der Waals surface area contributed by atoms with E-state index in [1.54, 1.807) is 7.05 Å². The van der Waals surface area contributed by atoms with E-state index in [4.69, 9.17) is 41.9 Å². The van der Waals surface area contributed by atoms with E-state index in [0.717, 1.165) is 0 Å². The van der Waals surface area contributed by atoms with Crippen LogP contribution in [0, 0.1) is 0 Å². The standard InChI is InChI=1S/C25H48FN7O9/c1-10(34)21(29)32-8-11-4-5-12(27)23(40-11)41-18-13(28)6-14(33-22(30)15(35)7-26)19(16(18)36)42-24-17(37)20(31-3)25(2,38)9-39-24/h10-20,23-24,31,34-38H,4-9,27-28H2,1-3H3,(H2,29,32)(H2,30,33). The molecule has 16 nitrogen and oxygen atoms in total. The van der Waals surface area contributed by atoms with Crippen molar-refractivity contribution in [2.45, 2.75) is 118 Å². The predicted molar refractivity (Wildman–Crippen MR) is 149 cm³/mol. The van der Waals surface area contributed by atoms with Gasteiger partial charge >= 0.3 is 0 Å². The maximum Gasteiger partial charge on any atom is 0.185 e. The number of nitrogens with one attached hydrogen (secondary N) is 1. The fourth-order valence-electron chi connectivity index (χ4n) is 5.41. The highest BCUT2D eigenvalue weighted by molar-refractivity contribution is 5.85. The van der Waals surface area contributed by atoms with Gasteiger partial charge in [0, 0.05) is 6.04 Å². The van der Waals surface area contributed by atoms with Crippen molar-refractivity contribution in [1.82, 2.24) is 5.32 Å². The first-order valence-electron chi connectivity index (χ1n) is 14.1. The van der Waals surface area contributed by atoms with Gasteiger partial charge in [0.2, 0.25) is 0 Å². The lowest BCUT2D eigenvalue weighted by Crippen LogP contribution is -2.67. The second-order valence-electron chi connectivity index (χ2n) is 11.5. The Morgan fingerprint density at radius 2 is 1.74 bits per heavy atom. The molecule has 3 rings (SSSR count). The number of hydrogen-bond donors (Lipinski definition) is 10. The van der Waals surface area contributed by atoms with Gasteiger partial charge in [-0.05, 0) is 40.2 Å². The molecule has 0 aromatic heterocycles. The highest BCUT2D eigenvalue weighted by Crippen LogP contribution is 2.33. The minimum Gasteiger partial charge on any atom is -0.388 e. The number of nitrogens with two attached hydrogens (primary N) is 4. The Labute approximate surface area is 244 Å². The van der Waals surface area contributed by atoms with E-state index in [1.165, 1.54) is 13.8 Å². The molecule has 0 spiro atoms. The third kappa shape index (κ3) is 8.30. The molecule has 42 heavy (non-hydrogen) atoms. The van der Waals surface area contributed by atoms with Crippen molar-refractivity contribution >= 4 is 11.7 Å². The summed E-state index contributed by atoms with van der Waals surface area (Å²) < 4.78 is 36.8. The minimum absolute atomic E-state index is 0.0166. The average Bonchev–Trinajstić information content (AvgIpc) is 2.93. The molecule has 0 radical (unpaired) electrons. The molecule has 0 aromatic rings. The van der Waals surface area contributed by atoms with Crippen LogP contribution in [0.3, 0.4) is 0 Å². The normalized spacial score (nSPS) is 43.6. The van der Waals surface area contributed by atoms with Gasteiger partial charge in [-0.25, -0.2) is 4.39 Å². The average molecular weight is 610 g/mol. The molecule has 2 heterocycles. The van der Waals surface area contributed by atoms with Gasteiger partial charge in [-0.2, -0.15) is 0 Å². The maximum atomic E-state index is 13.1. The third-order valence-electron chi connectivity index (χ3n) is 7.92. The Kier molecular flexibility index (Phi) is 12.4. The van der Waals surface area contributed by atoms with E-state index in [-0.39, 0.29) is 25.4 Å². The van der Waals surface area contributed by atoms with E-state index in [0.29, 0.717) is 12.8 Å². The van der Waals surface area contributed by atoms with Gasteiger partial charge in [-0.3, -0.25) is 9.98 Å². The monoisotopic (exact) mass is 609 g/mol. The number of aliphatic hydroxyl groups is 5. The lowest BCUT2D eigenvalue weighted by atomic mass is 9.83. The zero-order valence-corrected chi connectivity index (χ0v) is 24.2. The molecule has 14 atom stereocenters. The van der Waals surface area contributed by atoms with Crippen LogP contribution in [0.4, 0.5) is 4.39 Å². The number of aliphatic imine (C=N–C) groups is 2. The van der Waals surface area contributed by atoms with Crippen LogP contribution in [-0.4, -0.2) is 149 Å². The summed E-state index contributed by atoms with van der Waals surface area (Å²) in [5.74, 6) is -0.359. The van der Waals surface area contributed by atoms with Crippen molar-refractivity contribution in [2.24, 2.45) is 32.9 Å². The fourth-order valence-corrected chi connectivity index (χ4v) is 5.41. The predicted octanol–water partition coefficient (Wildman–Crippen LogP) is -4.47. The molecule has 3 fully saturated rings. The zero-order valence-electron chi connectivity index (χ0n) is 24.2. The molecule has 0 aromatic carbocycles. The molecule has 1 aliphatic carbocycles. The molecule has 244 valence electrons. The largest absolute Gasteiger partial charge is 0.388 e. The fraction of sp³-hybridized carbons (Fsp3) is 0.920. The van der Waals surface area contributed by atoms with Gasteiger partial charge in [0.25, 0.3) is 0 Å². The highest BCUT2D eigenvalue weighted by atomic mass is 19.1. The molecule has 2 saturated heterocycles. The third-order valence-corrected chi connectivity index (χ3v) is 7.92. The maximum absolute atomic E-state index is 13.1. The summed E-state index contributed by atoms with van der Waals surface area (Å²) in [5, 5.41) is 55.3. The lowest BCUT2D eigenvalue weighted by Gasteiger charge is -2.48. The van der Waals surface area contributed by atoms with Gasteiger partial charge in [-0.1, -0.05) is 0 Å². The first-order chi connectivity index (χ1) is 19.7. The Bertz CT molecular complexity index is 933. The number of nitrogens with zero attached hydrogens (tertiary/aromatic N) is 2. The van der Waals surface area contributed by atoms with Crippen molar-refractivity contribution in [3.63, 3.8) is 0 Å². The number of likely N-dealkylation sites (N-methyl/N-ethyl adjacent to an activating group) is 1. The second-order valence-corrected chi connectivity index (χ2v) is 11.5. The first kappa shape index (κ1) is 34.9. The lowest BCUT2D eigenvalue weighted by molar-refractivity contribution is -0.306. The molecular weight excluding hydrogens is 561 g/mol. The summed E-state index contributed by atoms with van der Waals surface area (Å²) in [6.45, 7) is 1.77. The summed E-state index contributed by atoms with van der Waals surface area (Å²) in [7, 11) is 1.56. The van der Waals surface area contributed by atoms with Crippen LogP contribution in [0.25, 0.3) is 0 Å². The number of halogens is 1. The van der Waals surface area contributed by atoms with Gasteiger partial charge in [0.05, 0.1) is 37.4 Å². The van der Waals surface area contributed by atoms with Gasteiger partial charge in [0.15, 0.2) is 12.6 Å². The van der Waals surface area contributed by atoms with Crippen molar-refractivity contribution in [3.05, 3.63) is 0 Å². The Balaban J connectivity index is 1.82. The summed E-state index contributed by atoms with van der Waals surface area (Å²) in [6.07, 6.45) is -9.46. The molecular formula is C25H48FN7O9. The van der Waals surface area contributed by atoms with Crippen LogP contribution in [0.15, 0.2) is 9.98 Å². The molecule has 17 heteroatoms. The summed E-state index contributed by atoms with van der Waals surface area (Å²) in [6, 6.07) is -3.25. The molecule has 1 saturated carbocycles. The van der Waals surface area contributed by atoms with E-state index < -0.39 is 97.6 Å². The van der Waals surface area contributed by atoms with Crippen molar-refractivity contribution in [1.29, 1.82) is 0 Å². The van der Waals surface area contributed by atoms with Crippen LogP contribution in [0.1, 0.15) is 33.1 Å². The van der Waals surface area contributed by atoms with Crippen molar-refractivity contribution in [3.8, 4) is 0 Å². The molecule has 0 amide bonds. The zero-order chi connectivity index (χ0) is 31.4. The number of rotatable bonds is 11. The Morgan fingerprint density at radius 1 is 1.07 bits per heavy atom. The number of amidine groups is 2. The van der Waals surface area contributed by atoms with Crippen LogP contribution < -0.4 is 28.3 Å². The SMILES string of the molecule is CNC1C(O)C(OC2C(N=C(N)C(O)CF)CC(N)C(OC3OC(CN=C(N)C(C)O)CCC3N)C2O)OCC1(C)O.